The first kappa shape index (κ1) is 15.9. The number of halogens is 2. The van der Waals surface area contributed by atoms with Gasteiger partial charge in [0.25, 0.3) is 0 Å². The molecule has 1 aliphatic heterocycles. The first-order valence-corrected chi connectivity index (χ1v) is 7.44. The maximum Gasteiger partial charge on any atom is 0.227 e. The van der Waals surface area contributed by atoms with Crippen molar-refractivity contribution in [3.63, 3.8) is 0 Å². The lowest BCUT2D eigenvalue weighted by Crippen LogP contribution is -2.48. The predicted octanol–water partition coefficient (Wildman–Crippen LogP) is 2.40. The van der Waals surface area contributed by atoms with Gasteiger partial charge in [0.1, 0.15) is 11.6 Å². The molecule has 21 heavy (non-hydrogen) atoms. The number of carbonyl (C=O) groups is 1. The van der Waals surface area contributed by atoms with E-state index in [-0.39, 0.29) is 11.3 Å². The number of amides is 1. The van der Waals surface area contributed by atoms with Gasteiger partial charge in [-0.25, -0.2) is 8.78 Å². The molecule has 3 nitrogen and oxygen atoms in total. The fourth-order valence-corrected chi connectivity index (χ4v) is 2.71. The van der Waals surface area contributed by atoms with E-state index >= 15 is 0 Å². The monoisotopic (exact) mass is 296 g/mol. The molecule has 0 unspecified atom stereocenters. The van der Waals surface area contributed by atoms with E-state index in [4.69, 9.17) is 0 Å². The Bertz CT molecular complexity index is 479. The minimum Gasteiger partial charge on any atom is -0.356 e. The summed E-state index contributed by atoms with van der Waals surface area (Å²) in [5.41, 5.74) is 0.274. The molecule has 1 aromatic rings. The van der Waals surface area contributed by atoms with Crippen molar-refractivity contribution in [2.75, 3.05) is 19.6 Å². The molecule has 2 rings (SSSR count). The van der Waals surface area contributed by atoms with Gasteiger partial charge in [-0.3, -0.25) is 4.79 Å². The Kier molecular flexibility index (Phi) is 5.28. The third kappa shape index (κ3) is 4.49. The fraction of sp³-hybridized carbons (Fsp3) is 0.562. The molecule has 0 radical (unpaired) electrons. The molecule has 1 saturated heterocycles. The molecule has 1 fully saturated rings. The van der Waals surface area contributed by atoms with Crippen molar-refractivity contribution in [1.29, 1.82) is 0 Å². The van der Waals surface area contributed by atoms with Crippen LogP contribution < -0.4 is 10.6 Å². The molecule has 1 atom stereocenters. The second-order valence-corrected chi connectivity index (χ2v) is 5.98. The molecule has 0 aromatic heterocycles. The Morgan fingerprint density at radius 1 is 1.33 bits per heavy atom. The second-order valence-electron chi connectivity index (χ2n) is 5.98. The molecule has 1 aromatic carbocycles. The number of benzene rings is 1. The molecule has 1 heterocycles. The minimum atomic E-state index is -0.560. The number of piperidine rings is 1. The van der Waals surface area contributed by atoms with Crippen LogP contribution in [0, 0.1) is 17.0 Å². The van der Waals surface area contributed by atoms with Gasteiger partial charge in [-0.2, -0.15) is 0 Å². The van der Waals surface area contributed by atoms with E-state index < -0.39 is 11.6 Å². The van der Waals surface area contributed by atoms with Crippen LogP contribution in [0.1, 0.15) is 31.7 Å². The van der Waals surface area contributed by atoms with E-state index in [2.05, 4.69) is 10.6 Å². The zero-order valence-electron chi connectivity index (χ0n) is 12.3. The van der Waals surface area contributed by atoms with Crippen LogP contribution in [0.3, 0.4) is 0 Å². The highest BCUT2D eigenvalue weighted by atomic mass is 19.1. The molecule has 0 aliphatic carbocycles. The average molecular weight is 296 g/mol. The summed E-state index contributed by atoms with van der Waals surface area (Å²) in [6.07, 6.45) is 3.11. The van der Waals surface area contributed by atoms with Crippen molar-refractivity contribution < 1.29 is 13.6 Å². The maximum atomic E-state index is 13.0. The van der Waals surface area contributed by atoms with Crippen LogP contribution in [0.15, 0.2) is 18.2 Å². The number of hydrogen-bond donors (Lipinski definition) is 2. The summed E-state index contributed by atoms with van der Waals surface area (Å²) in [4.78, 5) is 12.2. The van der Waals surface area contributed by atoms with Gasteiger partial charge >= 0.3 is 0 Å². The van der Waals surface area contributed by atoms with Gasteiger partial charge in [-0.1, -0.05) is 0 Å². The normalized spacial score (nSPS) is 22.0. The van der Waals surface area contributed by atoms with Crippen LogP contribution in [0.5, 0.6) is 0 Å². The molecule has 0 spiro atoms. The zero-order chi connectivity index (χ0) is 15.3. The SMILES string of the molecule is C[C@]1(C(=O)NCCCc2cc(F)cc(F)c2)CCCNC1. The third-order valence-electron chi connectivity index (χ3n) is 4.00. The smallest absolute Gasteiger partial charge is 0.227 e. The standard InChI is InChI=1S/C16H22F2N2O/c1-16(5-3-6-19-11-16)15(21)20-7-2-4-12-8-13(17)10-14(18)9-12/h8-10,19H,2-7,11H2,1H3,(H,20,21)/t16-/m0/s1. The molecule has 1 aliphatic rings. The Morgan fingerprint density at radius 2 is 2.05 bits per heavy atom. The predicted molar refractivity (Wildman–Crippen MR) is 77.9 cm³/mol. The lowest BCUT2D eigenvalue weighted by Gasteiger charge is -2.32. The van der Waals surface area contributed by atoms with E-state index in [1.54, 1.807) is 0 Å². The van der Waals surface area contributed by atoms with Gasteiger partial charge in [-0.15, -0.1) is 0 Å². The van der Waals surface area contributed by atoms with Crippen molar-refractivity contribution in [1.82, 2.24) is 10.6 Å². The summed E-state index contributed by atoms with van der Waals surface area (Å²) in [6, 6.07) is 3.52. The summed E-state index contributed by atoms with van der Waals surface area (Å²) in [5.74, 6) is -1.07. The number of aryl methyl sites for hydroxylation is 1. The molecule has 1 amide bonds. The van der Waals surface area contributed by atoms with Gasteiger partial charge < -0.3 is 10.6 Å². The van der Waals surface area contributed by atoms with Gasteiger partial charge in [-0.05, 0) is 56.8 Å². The summed E-state index contributed by atoms with van der Waals surface area (Å²) in [6.45, 7) is 4.16. The minimum absolute atomic E-state index is 0.0557. The van der Waals surface area contributed by atoms with Gasteiger partial charge in [0.15, 0.2) is 0 Å². The van der Waals surface area contributed by atoms with Gasteiger partial charge in [0, 0.05) is 19.2 Å². The van der Waals surface area contributed by atoms with Crippen molar-refractivity contribution in [2.45, 2.75) is 32.6 Å². The van der Waals surface area contributed by atoms with Crippen molar-refractivity contribution in [2.24, 2.45) is 5.41 Å². The van der Waals surface area contributed by atoms with E-state index in [1.165, 1.54) is 12.1 Å². The zero-order valence-corrected chi connectivity index (χ0v) is 12.3. The van der Waals surface area contributed by atoms with E-state index in [0.29, 0.717) is 31.5 Å². The van der Waals surface area contributed by atoms with Crippen LogP contribution in [-0.4, -0.2) is 25.5 Å². The number of carbonyl (C=O) groups excluding carboxylic acids is 1. The lowest BCUT2D eigenvalue weighted by molar-refractivity contribution is -0.131. The second kappa shape index (κ2) is 6.98. The quantitative estimate of drug-likeness (QED) is 0.819. The lowest BCUT2D eigenvalue weighted by atomic mass is 9.82. The van der Waals surface area contributed by atoms with Crippen LogP contribution in [-0.2, 0) is 11.2 Å². The first-order chi connectivity index (χ1) is 9.99. The van der Waals surface area contributed by atoms with Crippen LogP contribution in [0.2, 0.25) is 0 Å². The maximum absolute atomic E-state index is 13.0. The number of hydrogen-bond acceptors (Lipinski definition) is 2. The average Bonchev–Trinajstić information content (AvgIpc) is 2.43. The van der Waals surface area contributed by atoms with Gasteiger partial charge in [0.05, 0.1) is 5.41 Å². The van der Waals surface area contributed by atoms with E-state index in [9.17, 15) is 13.6 Å². The molecule has 5 heteroatoms. The third-order valence-corrected chi connectivity index (χ3v) is 4.00. The van der Waals surface area contributed by atoms with Crippen molar-refractivity contribution >= 4 is 5.91 Å². The molecule has 0 bridgehead atoms. The first-order valence-electron chi connectivity index (χ1n) is 7.44. The molecular formula is C16H22F2N2O. The van der Waals surface area contributed by atoms with Crippen LogP contribution >= 0.6 is 0 Å². The molecule has 2 N–H and O–H groups in total. The van der Waals surface area contributed by atoms with Crippen molar-refractivity contribution in [3.8, 4) is 0 Å². The van der Waals surface area contributed by atoms with Crippen LogP contribution in [0.25, 0.3) is 0 Å². The van der Waals surface area contributed by atoms with E-state index in [0.717, 1.165) is 25.5 Å². The highest BCUT2D eigenvalue weighted by molar-refractivity contribution is 5.82. The molecular weight excluding hydrogens is 274 g/mol. The highest BCUT2D eigenvalue weighted by Gasteiger charge is 2.34. The fourth-order valence-electron chi connectivity index (χ4n) is 2.71. The molecule has 116 valence electrons. The summed E-state index contributed by atoms with van der Waals surface area (Å²) >= 11 is 0. The Morgan fingerprint density at radius 3 is 2.67 bits per heavy atom. The van der Waals surface area contributed by atoms with E-state index in [1.807, 2.05) is 6.92 Å². The highest BCUT2D eigenvalue weighted by Crippen LogP contribution is 2.25. The Balaban J connectivity index is 1.75. The largest absolute Gasteiger partial charge is 0.356 e. The summed E-state index contributed by atoms with van der Waals surface area (Å²) in [7, 11) is 0. The van der Waals surface area contributed by atoms with Gasteiger partial charge in [0.2, 0.25) is 5.91 Å². The topological polar surface area (TPSA) is 41.1 Å². The number of rotatable bonds is 5. The summed E-state index contributed by atoms with van der Waals surface area (Å²) < 4.78 is 26.1. The number of nitrogens with one attached hydrogen (secondary N) is 2. The molecule has 0 saturated carbocycles. The Hall–Kier alpha value is -1.49. The summed E-state index contributed by atoms with van der Waals surface area (Å²) in [5, 5.41) is 6.17. The van der Waals surface area contributed by atoms with Crippen LogP contribution in [0.4, 0.5) is 8.78 Å². The van der Waals surface area contributed by atoms with Crippen molar-refractivity contribution in [3.05, 3.63) is 35.4 Å². The Labute approximate surface area is 124 Å².